The lowest BCUT2D eigenvalue weighted by Crippen LogP contribution is -2.28. The predicted octanol–water partition coefficient (Wildman–Crippen LogP) is 1.88. The summed E-state index contributed by atoms with van der Waals surface area (Å²) in [6, 6.07) is 8.39. The Kier molecular flexibility index (Phi) is 4.34. The molecule has 1 aromatic rings. The highest BCUT2D eigenvalue weighted by molar-refractivity contribution is 7.80. The first-order valence-corrected chi connectivity index (χ1v) is 6.51. The van der Waals surface area contributed by atoms with E-state index in [4.69, 9.17) is 18.0 Å². The molecule has 3 nitrogen and oxygen atoms in total. The second-order valence-electron chi connectivity index (χ2n) is 4.58. The third-order valence-electron chi connectivity index (χ3n) is 3.20. The Morgan fingerprint density at radius 2 is 1.94 bits per heavy atom. The Bertz CT molecular complexity index is 369. The number of hydrogen-bond donors (Lipinski definition) is 3. The molecule has 92 valence electrons. The molecule has 4 heteroatoms. The first kappa shape index (κ1) is 12.3. The third kappa shape index (κ3) is 3.98. The molecule has 0 spiro atoms. The highest BCUT2D eigenvalue weighted by Crippen LogP contribution is 2.19. The van der Waals surface area contributed by atoms with Gasteiger partial charge in [-0.3, -0.25) is 0 Å². The molecule has 0 aliphatic carbocycles. The van der Waals surface area contributed by atoms with Gasteiger partial charge in [0, 0.05) is 5.69 Å². The molecular weight excluding hydrogens is 230 g/mol. The first-order chi connectivity index (χ1) is 8.24. The normalized spacial score (nSPS) is 16.7. The van der Waals surface area contributed by atoms with E-state index in [0.29, 0.717) is 5.11 Å². The fourth-order valence-electron chi connectivity index (χ4n) is 2.29. The number of anilines is 1. The SMILES string of the molecule is NC(=S)Nc1ccc(CC2CCNCC2)cc1. The molecule has 0 radical (unpaired) electrons. The summed E-state index contributed by atoms with van der Waals surface area (Å²) in [6.45, 7) is 2.32. The van der Waals surface area contributed by atoms with Gasteiger partial charge < -0.3 is 16.4 Å². The van der Waals surface area contributed by atoms with Crippen molar-refractivity contribution in [3.8, 4) is 0 Å². The molecule has 17 heavy (non-hydrogen) atoms. The lowest BCUT2D eigenvalue weighted by Gasteiger charge is -2.22. The molecule has 0 amide bonds. The number of nitrogens with two attached hydrogens (primary N) is 1. The Hall–Kier alpha value is -1.13. The topological polar surface area (TPSA) is 50.1 Å². The van der Waals surface area contributed by atoms with Crippen molar-refractivity contribution in [2.45, 2.75) is 19.3 Å². The summed E-state index contributed by atoms with van der Waals surface area (Å²) in [5, 5.41) is 6.64. The highest BCUT2D eigenvalue weighted by Gasteiger charge is 2.13. The van der Waals surface area contributed by atoms with Crippen molar-refractivity contribution in [1.29, 1.82) is 0 Å². The lowest BCUT2D eigenvalue weighted by molar-refractivity contribution is 0.372. The van der Waals surface area contributed by atoms with E-state index in [9.17, 15) is 0 Å². The number of benzene rings is 1. The maximum absolute atomic E-state index is 5.43. The molecule has 1 aliphatic heterocycles. The quantitative estimate of drug-likeness (QED) is 0.716. The molecule has 0 bridgehead atoms. The molecule has 1 saturated heterocycles. The summed E-state index contributed by atoms with van der Waals surface area (Å²) in [5.74, 6) is 0.825. The number of thiocarbonyl (C=S) groups is 1. The van der Waals surface area contributed by atoms with Crippen LogP contribution in [0.4, 0.5) is 5.69 Å². The van der Waals surface area contributed by atoms with E-state index >= 15 is 0 Å². The van der Waals surface area contributed by atoms with Crippen molar-refractivity contribution in [2.24, 2.45) is 11.7 Å². The van der Waals surface area contributed by atoms with Crippen LogP contribution in [-0.2, 0) is 6.42 Å². The Labute approximate surface area is 108 Å². The van der Waals surface area contributed by atoms with E-state index in [-0.39, 0.29) is 0 Å². The van der Waals surface area contributed by atoms with Gasteiger partial charge in [-0.25, -0.2) is 0 Å². The van der Waals surface area contributed by atoms with E-state index < -0.39 is 0 Å². The van der Waals surface area contributed by atoms with Crippen LogP contribution in [0.5, 0.6) is 0 Å². The molecule has 0 aromatic heterocycles. The van der Waals surface area contributed by atoms with Gasteiger partial charge in [-0.2, -0.15) is 0 Å². The summed E-state index contributed by atoms with van der Waals surface area (Å²) in [4.78, 5) is 0. The fraction of sp³-hybridized carbons (Fsp3) is 0.462. The smallest absolute Gasteiger partial charge is 0.168 e. The van der Waals surface area contributed by atoms with Crippen molar-refractivity contribution in [1.82, 2.24) is 5.32 Å². The second kappa shape index (κ2) is 5.98. The van der Waals surface area contributed by atoms with Crippen LogP contribution in [-0.4, -0.2) is 18.2 Å². The van der Waals surface area contributed by atoms with Crippen molar-refractivity contribution in [2.75, 3.05) is 18.4 Å². The molecule has 2 rings (SSSR count). The highest BCUT2D eigenvalue weighted by atomic mass is 32.1. The summed E-state index contributed by atoms with van der Waals surface area (Å²) < 4.78 is 0. The number of nitrogens with one attached hydrogen (secondary N) is 2. The third-order valence-corrected chi connectivity index (χ3v) is 3.31. The maximum Gasteiger partial charge on any atom is 0.168 e. The van der Waals surface area contributed by atoms with Gasteiger partial charge in [-0.15, -0.1) is 0 Å². The van der Waals surface area contributed by atoms with Crippen LogP contribution >= 0.6 is 12.2 Å². The van der Waals surface area contributed by atoms with Crippen LogP contribution in [0.3, 0.4) is 0 Å². The predicted molar refractivity (Wildman–Crippen MR) is 76.1 cm³/mol. The van der Waals surface area contributed by atoms with Gasteiger partial charge in [0.05, 0.1) is 0 Å². The Morgan fingerprint density at radius 1 is 1.29 bits per heavy atom. The van der Waals surface area contributed by atoms with Crippen molar-refractivity contribution >= 4 is 23.0 Å². The average Bonchev–Trinajstić information content (AvgIpc) is 2.32. The van der Waals surface area contributed by atoms with Crippen LogP contribution in [0, 0.1) is 5.92 Å². The van der Waals surface area contributed by atoms with E-state index in [2.05, 4.69) is 22.8 Å². The molecule has 0 atom stereocenters. The standard InChI is InChI=1S/C13H19N3S/c14-13(17)16-12-3-1-10(2-4-12)9-11-5-7-15-8-6-11/h1-4,11,15H,5-9H2,(H3,14,16,17). The largest absolute Gasteiger partial charge is 0.376 e. The lowest BCUT2D eigenvalue weighted by atomic mass is 9.91. The average molecular weight is 249 g/mol. The van der Waals surface area contributed by atoms with Crippen LogP contribution < -0.4 is 16.4 Å². The van der Waals surface area contributed by atoms with Crippen LogP contribution in [0.2, 0.25) is 0 Å². The minimum atomic E-state index is 0.316. The first-order valence-electron chi connectivity index (χ1n) is 6.10. The van der Waals surface area contributed by atoms with Crippen LogP contribution in [0.15, 0.2) is 24.3 Å². The molecule has 4 N–H and O–H groups in total. The molecule has 1 fully saturated rings. The van der Waals surface area contributed by atoms with Gasteiger partial charge in [0.2, 0.25) is 0 Å². The zero-order chi connectivity index (χ0) is 12.1. The van der Waals surface area contributed by atoms with Gasteiger partial charge in [0.25, 0.3) is 0 Å². The van der Waals surface area contributed by atoms with E-state index in [1.165, 1.54) is 24.8 Å². The summed E-state index contributed by atoms with van der Waals surface area (Å²) in [5.41, 5.74) is 7.78. The molecule has 1 heterocycles. The molecule has 1 aliphatic rings. The number of rotatable bonds is 3. The van der Waals surface area contributed by atoms with Crippen molar-refractivity contribution < 1.29 is 0 Å². The molecular formula is C13H19N3S. The minimum Gasteiger partial charge on any atom is -0.376 e. The van der Waals surface area contributed by atoms with E-state index in [1.807, 2.05) is 12.1 Å². The maximum atomic E-state index is 5.43. The van der Waals surface area contributed by atoms with Gasteiger partial charge in [-0.1, -0.05) is 12.1 Å². The van der Waals surface area contributed by atoms with E-state index in [1.54, 1.807) is 0 Å². The molecule has 1 aromatic carbocycles. The van der Waals surface area contributed by atoms with E-state index in [0.717, 1.165) is 24.7 Å². The van der Waals surface area contributed by atoms with Crippen molar-refractivity contribution in [3.63, 3.8) is 0 Å². The van der Waals surface area contributed by atoms with Gasteiger partial charge >= 0.3 is 0 Å². The van der Waals surface area contributed by atoms with Gasteiger partial charge in [-0.05, 0) is 68.2 Å². The van der Waals surface area contributed by atoms with Gasteiger partial charge in [0.1, 0.15) is 0 Å². The van der Waals surface area contributed by atoms with Crippen LogP contribution in [0.1, 0.15) is 18.4 Å². The molecule has 0 unspecified atom stereocenters. The van der Waals surface area contributed by atoms with Crippen LogP contribution in [0.25, 0.3) is 0 Å². The Balaban J connectivity index is 1.90. The number of hydrogen-bond acceptors (Lipinski definition) is 2. The fourth-order valence-corrected chi connectivity index (χ4v) is 2.40. The summed E-state index contributed by atoms with van der Waals surface area (Å²) >= 11 is 4.80. The zero-order valence-electron chi connectivity index (χ0n) is 9.91. The minimum absolute atomic E-state index is 0.316. The monoisotopic (exact) mass is 249 g/mol. The summed E-state index contributed by atoms with van der Waals surface area (Å²) in [7, 11) is 0. The molecule has 0 saturated carbocycles. The number of piperidine rings is 1. The van der Waals surface area contributed by atoms with Crippen molar-refractivity contribution in [3.05, 3.63) is 29.8 Å². The zero-order valence-corrected chi connectivity index (χ0v) is 10.7. The van der Waals surface area contributed by atoms with Gasteiger partial charge in [0.15, 0.2) is 5.11 Å². The second-order valence-corrected chi connectivity index (χ2v) is 5.02. The Morgan fingerprint density at radius 3 is 2.53 bits per heavy atom. The summed E-state index contributed by atoms with van der Waals surface area (Å²) in [6.07, 6.45) is 3.74.